The molecule has 1 unspecified atom stereocenters. The summed E-state index contributed by atoms with van der Waals surface area (Å²) in [5, 5.41) is 3.01. The maximum absolute atomic E-state index is 13.8. The first kappa shape index (κ1) is 22.5. The molecule has 0 aliphatic carbocycles. The molecule has 0 aliphatic rings. The molecule has 1 amide bonds. The number of carbonyl (C=O) groups is 1. The van der Waals surface area contributed by atoms with Crippen molar-refractivity contribution in [3.8, 4) is 17.1 Å². The SMILES string of the molecule is Cc1nc(CCC(=O)NC(COc2ccccc2F)C(C)(C)C)oc1-c1ccccc1. The molecule has 1 aromatic heterocycles. The first-order valence-corrected chi connectivity index (χ1v) is 10.4. The Morgan fingerprint density at radius 3 is 2.48 bits per heavy atom. The molecule has 6 heteroatoms. The highest BCUT2D eigenvalue weighted by Gasteiger charge is 2.27. The Labute approximate surface area is 182 Å². The van der Waals surface area contributed by atoms with Crippen LogP contribution in [0.4, 0.5) is 4.39 Å². The number of amides is 1. The van der Waals surface area contributed by atoms with E-state index in [4.69, 9.17) is 9.15 Å². The van der Waals surface area contributed by atoms with Crippen molar-refractivity contribution in [3.05, 3.63) is 72.0 Å². The molecular formula is C25H29FN2O3. The maximum Gasteiger partial charge on any atom is 0.220 e. The van der Waals surface area contributed by atoms with Gasteiger partial charge in [-0.1, -0.05) is 63.2 Å². The summed E-state index contributed by atoms with van der Waals surface area (Å²) in [6, 6.07) is 15.7. The van der Waals surface area contributed by atoms with E-state index in [2.05, 4.69) is 10.3 Å². The normalized spacial score (nSPS) is 12.4. The number of hydrogen-bond acceptors (Lipinski definition) is 4. The van der Waals surface area contributed by atoms with Crippen LogP contribution in [0, 0.1) is 18.2 Å². The lowest BCUT2D eigenvalue weighted by molar-refractivity contribution is -0.123. The number of aryl methyl sites for hydroxylation is 2. The molecule has 1 atom stereocenters. The van der Waals surface area contributed by atoms with Gasteiger partial charge in [0.1, 0.15) is 6.61 Å². The number of halogens is 1. The van der Waals surface area contributed by atoms with Crippen molar-refractivity contribution in [2.24, 2.45) is 5.41 Å². The van der Waals surface area contributed by atoms with Gasteiger partial charge in [0.15, 0.2) is 23.2 Å². The Hall–Kier alpha value is -3.15. The number of nitrogens with one attached hydrogen (secondary N) is 1. The number of oxazole rings is 1. The molecule has 0 saturated heterocycles. The Morgan fingerprint density at radius 2 is 1.81 bits per heavy atom. The standard InChI is InChI=1S/C25H29FN2O3/c1-17-24(18-10-6-5-7-11-18)31-23(27-17)15-14-22(29)28-21(25(2,3)4)16-30-20-13-9-8-12-19(20)26/h5-13,21H,14-16H2,1-4H3,(H,28,29). The van der Waals surface area contributed by atoms with Gasteiger partial charge in [-0.05, 0) is 24.5 Å². The number of ether oxygens (including phenoxy) is 1. The van der Waals surface area contributed by atoms with Crippen LogP contribution in [0.3, 0.4) is 0 Å². The lowest BCUT2D eigenvalue weighted by atomic mass is 9.87. The molecule has 5 nitrogen and oxygen atoms in total. The highest BCUT2D eigenvalue weighted by atomic mass is 19.1. The Bertz CT molecular complexity index is 1010. The molecule has 0 bridgehead atoms. The van der Waals surface area contributed by atoms with Crippen LogP contribution in [0.15, 0.2) is 59.0 Å². The fraction of sp³-hybridized carbons (Fsp3) is 0.360. The average molecular weight is 425 g/mol. The second-order valence-corrected chi connectivity index (χ2v) is 8.62. The smallest absolute Gasteiger partial charge is 0.220 e. The summed E-state index contributed by atoms with van der Waals surface area (Å²) in [5.74, 6) is 0.877. The van der Waals surface area contributed by atoms with E-state index in [1.54, 1.807) is 18.2 Å². The van der Waals surface area contributed by atoms with Crippen LogP contribution in [0.25, 0.3) is 11.3 Å². The third kappa shape index (κ3) is 6.17. The van der Waals surface area contributed by atoms with E-state index in [1.807, 2.05) is 58.0 Å². The van der Waals surface area contributed by atoms with E-state index in [0.717, 1.165) is 17.0 Å². The van der Waals surface area contributed by atoms with Crippen molar-refractivity contribution >= 4 is 5.91 Å². The van der Waals surface area contributed by atoms with Crippen LogP contribution in [0.5, 0.6) is 5.75 Å². The second kappa shape index (κ2) is 9.77. The van der Waals surface area contributed by atoms with Crippen molar-refractivity contribution in [1.29, 1.82) is 0 Å². The summed E-state index contributed by atoms with van der Waals surface area (Å²) >= 11 is 0. The first-order valence-electron chi connectivity index (χ1n) is 10.4. The molecule has 3 rings (SSSR count). The molecule has 0 aliphatic heterocycles. The van der Waals surface area contributed by atoms with E-state index in [-0.39, 0.29) is 36.1 Å². The van der Waals surface area contributed by atoms with E-state index in [9.17, 15) is 9.18 Å². The maximum atomic E-state index is 13.8. The van der Waals surface area contributed by atoms with E-state index in [1.165, 1.54) is 6.07 Å². The number of carbonyl (C=O) groups excluding carboxylic acids is 1. The van der Waals surface area contributed by atoms with Gasteiger partial charge in [0.2, 0.25) is 5.91 Å². The first-order chi connectivity index (χ1) is 14.7. The third-order valence-electron chi connectivity index (χ3n) is 5.07. The molecule has 164 valence electrons. The van der Waals surface area contributed by atoms with Gasteiger partial charge in [0.05, 0.1) is 11.7 Å². The zero-order chi connectivity index (χ0) is 22.4. The Morgan fingerprint density at radius 1 is 1.13 bits per heavy atom. The zero-order valence-electron chi connectivity index (χ0n) is 18.4. The van der Waals surface area contributed by atoms with Crippen LogP contribution >= 0.6 is 0 Å². The molecule has 0 spiro atoms. The van der Waals surface area contributed by atoms with Crippen LogP contribution in [0.2, 0.25) is 0 Å². The number of benzene rings is 2. The van der Waals surface area contributed by atoms with Gasteiger partial charge in [-0.2, -0.15) is 0 Å². The minimum absolute atomic E-state index is 0.130. The number of aromatic nitrogens is 1. The summed E-state index contributed by atoms with van der Waals surface area (Å²) in [6.45, 7) is 8.09. The molecule has 3 aromatic rings. The molecule has 1 heterocycles. The fourth-order valence-corrected chi connectivity index (χ4v) is 3.15. The van der Waals surface area contributed by atoms with Gasteiger partial charge in [0.25, 0.3) is 0 Å². The molecule has 2 aromatic carbocycles. The topological polar surface area (TPSA) is 64.4 Å². The van der Waals surface area contributed by atoms with Gasteiger partial charge in [0, 0.05) is 18.4 Å². The van der Waals surface area contributed by atoms with Crippen LogP contribution in [-0.2, 0) is 11.2 Å². The highest BCUT2D eigenvalue weighted by Crippen LogP contribution is 2.25. The monoisotopic (exact) mass is 424 g/mol. The predicted molar refractivity (Wildman–Crippen MR) is 118 cm³/mol. The highest BCUT2D eigenvalue weighted by molar-refractivity contribution is 5.76. The van der Waals surface area contributed by atoms with Gasteiger partial charge in [-0.25, -0.2) is 9.37 Å². The van der Waals surface area contributed by atoms with Crippen molar-refractivity contribution in [3.63, 3.8) is 0 Å². The fourth-order valence-electron chi connectivity index (χ4n) is 3.15. The van der Waals surface area contributed by atoms with Gasteiger partial charge in [-0.3, -0.25) is 4.79 Å². The summed E-state index contributed by atoms with van der Waals surface area (Å²) in [6.07, 6.45) is 0.630. The lowest BCUT2D eigenvalue weighted by Gasteiger charge is -2.31. The predicted octanol–water partition coefficient (Wildman–Crippen LogP) is 5.33. The molecule has 0 saturated carbocycles. The van der Waals surface area contributed by atoms with Crippen molar-refractivity contribution in [1.82, 2.24) is 10.3 Å². The number of nitrogens with zero attached hydrogens (tertiary/aromatic N) is 1. The average Bonchev–Trinajstić information content (AvgIpc) is 3.11. The molecule has 0 radical (unpaired) electrons. The van der Waals surface area contributed by atoms with Crippen LogP contribution in [0.1, 0.15) is 38.8 Å². The summed E-state index contributed by atoms with van der Waals surface area (Å²) in [7, 11) is 0. The second-order valence-electron chi connectivity index (χ2n) is 8.62. The molecule has 31 heavy (non-hydrogen) atoms. The van der Waals surface area contributed by atoms with Crippen LogP contribution in [-0.4, -0.2) is 23.5 Å². The minimum atomic E-state index is -0.421. The van der Waals surface area contributed by atoms with Gasteiger partial charge < -0.3 is 14.5 Å². The number of hydrogen-bond donors (Lipinski definition) is 1. The molecular weight excluding hydrogens is 395 g/mol. The summed E-state index contributed by atoms with van der Waals surface area (Å²) in [5.41, 5.74) is 1.50. The molecule has 1 N–H and O–H groups in total. The largest absolute Gasteiger partial charge is 0.488 e. The number of rotatable bonds is 8. The van der Waals surface area contributed by atoms with Crippen molar-refractivity contribution in [2.45, 2.75) is 46.6 Å². The number of para-hydroxylation sites is 1. The summed E-state index contributed by atoms with van der Waals surface area (Å²) < 4.78 is 25.4. The Kier molecular flexibility index (Phi) is 7.10. The minimum Gasteiger partial charge on any atom is -0.488 e. The van der Waals surface area contributed by atoms with Crippen molar-refractivity contribution < 1.29 is 18.3 Å². The lowest BCUT2D eigenvalue weighted by Crippen LogP contribution is -2.47. The van der Waals surface area contributed by atoms with Crippen molar-refractivity contribution in [2.75, 3.05) is 6.61 Å². The zero-order valence-corrected chi connectivity index (χ0v) is 18.4. The van der Waals surface area contributed by atoms with E-state index >= 15 is 0 Å². The van der Waals surface area contributed by atoms with E-state index in [0.29, 0.717) is 12.3 Å². The van der Waals surface area contributed by atoms with Gasteiger partial charge >= 0.3 is 0 Å². The summed E-state index contributed by atoms with van der Waals surface area (Å²) in [4.78, 5) is 17.1. The quantitative estimate of drug-likeness (QED) is 0.531. The third-order valence-corrected chi connectivity index (χ3v) is 5.07. The van der Waals surface area contributed by atoms with E-state index < -0.39 is 5.82 Å². The van der Waals surface area contributed by atoms with Gasteiger partial charge in [-0.15, -0.1) is 0 Å². The Balaban J connectivity index is 1.58. The molecule has 0 fully saturated rings. The van der Waals surface area contributed by atoms with Crippen LogP contribution < -0.4 is 10.1 Å².